The number of hydrogen-bond acceptors (Lipinski definition) is 4. The van der Waals surface area contributed by atoms with Crippen LogP contribution in [-0.4, -0.2) is 30.1 Å². The van der Waals surface area contributed by atoms with Crippen molar-refractivity contribution in [1.29, 1.82) is 0 Å². The van der Waals surface area contributed by atoms with Crippen LogP contribution in [0.5, 0.6) is 5.75 Å². The molecule has 1 N–H and O–H groups in total. The second kappa shape index (κ2) is 8.16. The number of benzene rings is 1. The van der Waals surface area contributed by atoms with E-state index < -0.39 is 0 Å². The summed E-state index contributed by atoms with van der Waals surface area (Å²) in [4.78, 5) is 11.8. The summed E-state index contributed by atoms with van der Waals surface area (Å²) in [6.45, 7) is 0.114. The van der Waals surface area contributed by atoms with Crippen molar-refractivity contribution >= 4 is 29.4 Å². The molecule has 0 atom stereocenters. The smallest absolute Gasteiger partial charge is 0.258 e. The Morgan fingerprint density at radius 3 is 2.45 bits per heavy atom. The summed E-state index contributed by atoms with van der Waals surface area (Å²) in [5.41, 5.74) is 1.34. The van der Waals surface area contributed by atoms with E-state index in [-0.39, 0.29) is 12.5 Å². The lowest BCUT2D eigenvalue weighted by Gasteiger charge is -2.21. The Morgan fingerprint density at radius 1 is 1.09 bits per heavy atom. The second-order valence-corrected chi connectivity index (χ2v) is 8.56. The zero-order chi connectivity index (χ0) is 15.2. The van der Waals surface area contributed by atoms with Crippen LogP contribution in [0.4, 0.5) is 0 Å². The highest BCUT2D eigenvalue weighted by molar-refractivity contribution is 8.16. The first kappa shape index (κ1) is 16.1. The maximum Gasteiger partial charge on any atom is 0.258 e. The van der Waals surface area contributed by atoms with Gasteiger partial charge in [0.05, 0.1) is 4.58 Å². The maximum absolute atomic E-state index is 11.8. The monoisotopic (exact) mass is 337 g/mol. The van der Waals surface area contributed by atoms with Crippen molar-refractivity contribution in [2.75, 3.05) is 18.1 Å². The molecule has 2 aliphatic rings. The van der Waals surface area contributed by atoms with Crippen LogP contribution in [0.3, 0.4) is 0 Å². The Labute approximate surface area is 141 Å². The van der Waals surface area contributed by atoms with Gasteiger partial charge in [0.25, 0.3) is 5.91 Å². The lowest BCUT2D eigenvalue weighted by molar-refractivity contribution is -0.123. The number of rotatable bonds is 5. The van der Waals surface area contributed by atoms with E-state index in [4.69, 9.17) is 4.74 Å². The molecule has 1 heterocycles. The molecule has 120 valence electrons. The Hall–Kier alpha value is -0.810. The fourth-order valence-corrected chi connectivity index (χ4v) is 5.78. The van der Waals surface area contributed by atoms with E-state index in [9.17, 15) is 4.79 Å². The molecule has 1 aliphatic heterocycles. The molecular formula is C17H23NO2S2. The number of carbonyl (C=O) groups excluding carboxylic acids is 1. The van der Waals surface area contributed by atoms with Crippen molar-refractivity contribution in [3.63, 3.8) is 0 Å². The van der Waals surface area contributed by atoms with Gasteiger partial charge in [0.1, 0.15) is 5.75 Å². The summed E-state index contributed by atoms with van der Waals surface area (Å²) in [7, 11) is 0. The van der Waals surface area contributed by atoms with Crippen LogP contribution in [0.1, 0.15) is 42.2 Å². The van der Waals surface area contributed by atoms with Crippen LogP contribution in [0.15, 0.2) is 24.3 Å². The van der Waals surface area contributed by atoms with Crippen LogP contribution in [0.2, 0.25) is 0 Å². The molecule has 22 heavy (non-hydrogen) atoms. The summed E-state index contributed by atoms with van der Waals surface area (Å²) in [5, 5.41) is 3.04. The molecular weight excluding hydrogens is 314 g/mol. The molecule has 0 spiro atoms. The summed E-state index contributed by atoms with van der Waals surface area (Å²) >= 11 is 4.03. The van der Waals surface area contributed by atoms with Crippen LogP contribution >= 0.6 is 23.5 Å². The first-order chi connectivity index (χ1) is 10.8. The minimum absolute atomic E-state index is 0.00521. The largest absolute Gasteiger partial charge is 0.484 e. The SMILES string of the molecule is O=C(COc1ccc(C2SCCCS2)cc1)NC1CCCC1. The highest BCUT2D eigenvalue weighted by Gasteiger charge is 2.18. The third-order valence-corrected chi connectivity index (χ3v) is 7.08. The molecule has 0 bridgehead atoms. The molecule has 1 amide bonds. The molecule has 5 heteroatoms. The molecule has 0 radical (unpaired) electrons. The van der Waals surface area contributed by atoms with E-state index in [1.165, 1.54) is 36.3 Å². The molecule has 1 aliphatic carbocycles. The maximum atomic E-state index is 11.8. The second-order valence-electron chi connectivity index (χ2n) is 5.83. The highest BCUT2D eigenvalue weighted by Crippen LogP contribution is 2.43. The predicted octanol–water partition coefficient (Wildman–Crippen LogP) is 3.99. The number of carbonyl (C=O) groups is 1. The fourth-order valence-electron chi connectivity index (χ4n) is 2.89. The Bertz CT molecular complexity index is 480. The van der Waals surface area contributed by atoms with E-state index in [1.807, 2.05) is 35.7 Å². The van der Waals surface area contributed by atoms with Crippen LogP contribution in [0.25, 0.3) is 0 Å². The van der Waals surface area contributed by atoms with Gasteiger partial charge < -0.3 is 10.1 Å². The summed E-state index contributed by atoms with van der Waals surface area (Å²) in [6.07, 6.45) is 5.98. The molecule has 3 nitrogen and oxygen atoms in total. The van der Waals surface area contributed by atoms with Gasteiger partial charge >= 0.3 is 0 Å². The third kappa shape index (κ3) is 4.59. The van der Waals surface area contributed by atoms with Crippen molar-refractivity contribution < 1.29 is 9.53 Å². The summed E-state index contributed by atoms with van der Waals surface area (Å²) < 4.78 is 6.14. The van der Waals surface area contributed by atoms with Gasteiger partial charge in [-0.2, -0.15) is 0 Å². The first-order valence-electron chi connectivity index (χ1n) is 8.06. The van der Waals surface area contributed by atoms with Gasteiger partial charge in [-0.3, -0.25) is 4.79 Å². The molecule has 0 aromatic heterocycles. The van der Waals surface area contributed by atoms with Crippen LogP contribution in [-0.2, 0) is 4.79 Å². The minimum atomic E-state index is -0.00521. The quantitative estimate of drug-likeness (QED) is 0.881. The predicted molar refractivity (Wildman–Crippen MR) is 94.6 cm³/mol. The lowest BCUT2D eigenvalue weighted by Crippen LogP contribution is -2.36. The zero-order valence-electron chi connectivity index (χ0n) is 12.8. The van der Waals surface area contributed by atoms with Crippen molar-refractivity contribution in [2.45, 2.75) is 42.7 Å². The van der Waals surface area contributed by atoms with Gasteiger partial charge in [0.15, 0.2) is 6.61 Å². The van der Waals surface area contributed by atoms with E-state index in [1.54, 1.807) is 0 Å². The van der Waals surface area contributed by atoms with E-state index in [0.717, 1.165) is 18.6 Å². The Morgan fingerprint density at radius 2 is 1.77 bits per heavy atom. The molecule has 0 unspecified atom stereocenters. The van der Waals surface area contributed by atoms with Gasteiger partial charge in [-0.15, -0.1) is 23.5 Å². The number of thioether (sulfide) groups is 2. The number of hydrogen-bond donors (Lipinski definition) is 1. The normalized spacial score (nSPS) is 20.0. The number of ether oxygens (including phenoxy) is 1. The van der Waals surface area contributed by atoms with Crippen molar-refractivity contribution in [1.82, 2.24) is 5.32 Å². The first-order valence-corrected chi connectivity index (χ1v) is 10.2. The molecule has 1 saturated carbocycles. The van der Waals surface area contributed by atoms with Crippen LogP contribution in [0, 0.1) is 0 Å². The fraction of sp³-hybridized carbons (Fsp3) is 0.588. The van der Waals surface area contributed by atoms with Gasteiger partial charge in [0, 0.05) is 6.04 Å². The summed E-state index contributed by atoms with van der Waals surface area (Å²) in [6, 6.07) is 8.57. The summed E-state index contributed by atoms with van der Waals surface area (Å²) in [5.74, 6) is 3.26. The number of nitrogens with one attached hydrogen (secondary N) is 1. The van der Waals surface area contributed by atoms with Gasteiger partial charge in [-0.1, -0.05) is 25.0 Å². The van der Waals surface area contributed by atoms with Crippen molar-refractivity contribution in [2.24, 2.45) is 0 Å². The molecule has 1 aromatic carbocycles. The lowest BCUT2D eigenvalue weighted by atomic mass is 10.2. The molecule has 2 fully saturated rings. The van der Waals surface area contributed by atoms with Gasteiger partial charge in [-0.25, -0.2) is 0 Å². The van der Waals surface area contributed by atoms with Gasteiger partial charge in [-0.05, 0) is 48.5 Å². The van der Waals surface area contributed by atoms with Crippen LogP contribution < -0.4 is 10.1 Å². The van der Waals surface area contributed by atoms with E-state index in [2.05, 4.69) is 17.4 Å². The van der Waals surface area contributed by atoms with E-state index in [0.29, 0.717) is 10.6 Å². The average Bonchev–Trinajstić information content (AvgIpc) is 3.07. The molecule has 1 saturated heterocycles. The van der Waals surface area contributed by atoms with Gasteiger partial charge in [0.2, 0.25) is 0 Å². The third-order valence-electron chi connectivity index (χ3n) is 4.07. The van der Waals surface area contributed by atoms with E-state index >= 15 is 0 Å². The molecule has 3 rings (SSSR count). The average molecular weight is 338 g/mol. The highest BCUT2D eigenvalue weighted by atomic mass is 32.2. The topological polar surface area (TPSA) is 38.3 Å². The standard InChI is InChI=1S/C17H23NO2S2/c19-16(18-14-4-1-2-5-14)12-20-15-8-6-13(7-9-15)17-21-10-3-11-22-17/h6-9,14,17H,1-5,10-12H2,(H,18,19). The Kier molecular flexibility index (Phi) is 5.96. The minimum Gasteiger partial charge on any atom is -0.484 e. The zero-order valence-corrected chi connectivity index (χ0v) is 14.4. The van der Waals surface area contributed by atoms with Crippen molar-refractivity contribution in [3.8, 4) is 5.75 Å². The number of amides is 1. The Balaban J connectivity index is 1.45. The molecule has 1 aromatic rings. The van der Waals surface area contributed by atoms with Crippen molar-refractivity contribution in [3.05, 3.63) is 29.8 Å².